The summed E-state index contributed by atoms with van der Waals surface area (Å²) in [4.78, 5) is 10.7. The molecule has 2 atom stereocenters. The van der Waals surface area contributed by atoms with Gasteiger partial charge in [-0.2, -0.15) is 0 Å². The van der Waals surface area contributed by atoms with Crippen LogP contribution in [0.15, 0.2) is 30.3 Å². The highest BCUT2D eigenvalue weighted by molar-refractivity contribution is 7.53. The number of aryl methyl sites for hydroxylation is 3. The van der Waals surface area contributed by atoms with Gasteiger partial charge in [-0.25, -0.2) is 4.39 Å². The predicted molar refractivity (Wildman–Crippen MR) is 109 cm³/mol. The van der Waals surface area contributed by atoms with E-state index in [4.69, 9.17) is 14.2 Å². The van der Waals surface area contributed by atoms with Gasteiger partial charge in [0, 0.05) is 7.11 Å². The maximum Gasteiger partial charge on any atom is 0.333 e. The van der Waals surface area contributed by atoms with Crippen LogP contribution in [0, 0.1) is 26.6 Å². The van der Waals surface area contributed by atoms with Crippen molar-refractivity contribution < 1.29 is 33.0 Å². The summed E-state index contributed by atoms with van der Waals surface area (Å²) in [5.41, 5.74) is 4.79. The average molecular weight is 424 g/mol. The van der Waals surface area contributed by atoms with Crippen molar-refractivity contribution >= 4 is 13.6 Å². The van der Waals surface area contributed by atoms with Crippen LogP contribution in [0.1, 0.15) is 28.7 Å². The molecule has 0 aliphatic rings. The first-order valence-corrected chi connectivity index (χ1v) is 10.8. The number of hydrogen-bond acceptors (Lipinski definition) is 5. The first-order valence-electron chi connectivity index (χ1n) is 9.10. The van der Waals surface area contributed by atoms with Crippen LogP contribution in [0.3, 0.4) is 0 Å². The van der Waals surface area contributed by atoms with Gasteiger partial charge in [0.25, 0.3) is 0 Å². The van der Waals surface area contributed by atoms with Crippen LogP contribution < -0.4 is 0 Å². The molecule has 0 amide bonds. The van der Waals surface area contributed by atoms with Crippen molar-refractivity contribution in [3.63, 3.8) is 0 Å². The van der Waals surface area contributed by atoms with Crippen molar-refractivity contribution in [2.75, 3.05) is 13.3 Å². The third-order valence-electron chi connectivity index (χ3n) is 4.61. The minimum Gasteiger partial charge on any atom is -0.481 e. The van der Waals surface area contributed by atoms with E-state index in [1.165, 1.54) is 13.2 Å². The van der Waals surface area contributed by atoms with Crippen LogP contribution in [-0.2, 0) is 25.0 Å². The van der Waals surface area contributed by atoms with Crippen LogP contribution in [0.4, 0.5) is 4.39 Å². The summed E-state index contributed by atoms with van der Waals surface area (Å²) in [6, 6.07) is 8.70. The fourth-order valence-electron chi connectivity index (χ4n) is 3.13. The molecule has 0 aliphatic carbocycles. The van der Waals surface area contributed by atoms with Crippen LogP contribution in [-0.4, -0.2) is 35.6 Å². The number of carboxylic acid groups (broad SMARTS) is 1. The standard InChI is InChI=1S/C21H26FO6P/c1-13-7-14(2)19(18(8-13)16-5-6-20(22)15(3)9-16)11-28-29(26,27-4)12-17(23)10-21(24)25/h5-9,17,23H,10-12H2,1-4H3,(H,24,25)/t17-,29?/m0/s1. The molecule has 0 spiro atoms. The Morgan fingerprint density at radius 1 is 1.17 bits per heavy atom. The zero-order valence-corrected chi connectivity index (χ0v) is 17.8. The molecular formula is C21H26FO6P. The lowest BCUT2D eigenvalue weighted by atomic mass is 9.93. The van der Waals surface area contributed by atoms with Crippen molar-refractivity contribution in [3.05, 3.63) is 58.4 Å². The average Bonchev–Trinajstić information content (AvgIpc) is 2.62. The van der Waals surface area contributed by atoms with Crippen molar-refractivity contribution in [3.8, 4) is 11.1 Å². The summed E-state index contributed by atoms with van der Waals surface area (Å²) in [6.45, 7) is 5.45. The Labute approximate surface area is 169 Å². The summed E-state index contributed by atoms with van der Waals surface area (Å²) >= 11 is 0. The third-order valence-corrected chi connectivity index (χ3v) is 6.56. The predicted octanol–water partition coefficient (Wildman–Crippen LogP) is 4.61. The fraction of sp³-hybridized carbons (Fsp3) is 0.381. The molecule has 0 fully saturated rings. The molecule has 6 nitrogen and oxygen atoms in total. The van der Waals surface area contributed by atoms with E-state index in [2.05, 4.69) is 0 Å². The first kappa shape index (κ1) is 23.2. The number of aliphatic hydroxyl groups excluding tert-OH is 1. The molecule has 2 aromatic rings. The molecule has 0 radical (unpaired) electrons. The Kier molecular flexibility index (Phi) is 7.72. The number of aliphatic hydroxyl groups is 1. The second-order valence-electron chi connectivity index (χ2n) is 7.07. The highest BCUT2D eigenvalue weighted by Crippen LogP contribution is 2.49. The van der Waals surface area contributed by atoms with Crippen LogP contribution >= 0.6 is 7.60 Å². The minimum absolute atomic E-state index is 0.0667. The Bertz CT molecular complexity index is 943. The number of hydrogen-bond donors (Lipinski definition) is 2. The molecule has 29 heavy (non-hydrogen) atoms. The van der Waals surface area contributed by atoms with E-state index in [1.807, 2.05) is 26.0 Å². The van der Waals surface area contributed by atoms with E-state index < -0.39 is 32.3 Å². The van der Waals surface area contributed by atoms with Gasteiger partial charge in [0.15, 0.2) is 0 Å². The molecule has 0 aliphatic heterocycles. The summed E-state index contributed by atoms with van der Waals surface area (Å²) in [5.74, 6) is -1.50. The highest BCUT2D eigenvalue weighted by Gasteiger charge is 2.29. The quantitative estimate of drug-likeness (QED) is 0.571. The Balaban J connectivity index is 2.33. The number of aliphatic carboxylic acids is 1. The maximum absolute atomic E-state index is 13.7. The zero-order chi connectivity index (χ0) is 21.8. The van der Waals surface area contributed by atoms with Gasteiger partial charge < -0.3 is 19.3 Å². The molecule has 0 saturated carbocycles. The monoisotopic (exact) mass is 424 g/mol. The van der Waals surface area contributed by atoms with Gasteiger partial charge in [-0.15, -0.1) is 0 Å². The molecule has 158 valence electrons. The largest absolute Gasteiger partial charge is 0.481 e. The lowest BCUT2D eigenvalue weighted by Gasteiger charge is -2.21. The maximum atomic E-state index is 13.7. The second-order valence-corrected chi connectivity index (χ2v) is 9.28. The molecule has 1 unspecified atom stereocenters. The van der Waals surface area contributed by atoms with Gasteiger partial charge in [0.2, 0.25) is 0 Å². The SMILES string of the molecule is COP(=O)(C[C@@H](O)CC(=O)O)OCc1c(C)cc(C)cc1-c1ccc(F)c(C)c1. The molecule has 2 N–H and O–H groups in total. The van der Waals surface area contributed by atoms with Crippen LogP contribution in [0.5, 0.6) is 0 Å². The van der Waals surface area contributed by atoms with E-state index in [9.17, 15) is 18.9 Å². The normalized spacial score (nSPS) is 14.4. The van der Waals surface area contributed by atoms with Crippen LogP contribution in [0.2, 0.25) is 0 Å². The second kappa shape index (κ2) is 9.63. The number of rotatable bonds is 9. The van der Waals surface area contributed by atoms with E-state index >= 15 is 0 Å². The molecule has 0 aromatic heterocycles. The Hall–Kier alpha value is -2.05. The van der Waals surface area contributed by atoms with Gasteiger partial charge in [-0.3, -0.25) is 9.36 Å². The molecule has 2 rings (SSSR count). The number of carbonyl (C=O) groups is 1. The minimum atomic E-state index is -3.71. The number of benzene rings is 2. The van der Waals surface area contributed by atoms with E-state index in [0.29, 0.717) is 5.56 Å². The van der Waals surface area contributed by atoms with Crippen molar-refractivity contribution in [1.29, 1.82) is 0 Å². The summed E-state index contributed by atoms with van der Waals surface area (Å²) in [6.07, 6.45) is -2.33. The van der Waals surface area contributed by atoms with Gasteiger partial charge in [0.05, 0.1) is 25.3 Å². The molecule has 0 heterocycles. The lowest BCUT2D eigenvalue weighted by Crippen LogP contribution is -2.19. The van der Waals surface area contributed by atoms with E-state index in [0.717, 1.165) is 27.8 Å². The van der Waals surface area contributed by atoms with Crippen molar-refractivity contribution in [2.24, 2.45) is 0 Å². The van der Waals surface area contributed by atoms with Crippen molar-refractivity contribution in [1.82, 2.24) is 0 Å². The van der Waals surface area contributed by atoms with E-state index in [1.54, 1.807) is 19.1 Å². The highest BCUT2D eigenvalue weighted by atomic mass is 31.2. The molecule has 8 heteroatoms. The topological polar surface area (TPSA) is 93.1 Å². The fourth-order valence-corrected chi connectivity index (χ4v) is 4.46. The molecular weight excluding hydrogens is 398 g/mol. The first-order chi connectivity index (χ1) is 13.5. The third kappa shape index (κ3) is 6.21. The Morgan fingerprint density at radius 2 is 1.86 bits per heavy atom. The number of halogens is 1. The summed E-state index contributed by atoms with van der Waals surface area (Å²) < 4.78 is 37.1. The lowest BCUT2D eigenvalue weighted by molar-refractivity contribution is -0.138. The van der Waals surface area contributed by atoms with Crippen molar-refractivity contribution in [2.45, 2.75) is 39.9 Å². The molecule has 0 saturated heterocycles. The smallest absolute Gasteiger partial charge is 0.333 e. The van der Waals surface area contributed by atoms with Crippen LogP contribution in [0.25, 0.3) is 11.1 Å². The van der Waals surface area contributed by atoms with E-state index in [-0.39, 0.29) is 12.4 Å². The van der Waals surface area contributed by atoms with Gasteiger partial charge >= 0.3 is 13.6 Å². The Morgan fingerprint density at radius 3 is 2.45 bits per heavy atom. The molecule has 0 bridgehead atoms. The summed E-state index contributed by atoms with van der Waals surface area (Å²) in [5, 5.41) is 18.6. The van der Waals surface area contributed by atoms with Gasteiger partial charge in [0.1, 0.15) is 5.82 Å². The van der Waals surface area contributed by atoms with Gasteiger partial charge in [-0.05, 0) is 60.7 Å². The molecule has 2 aromatic carbocycles. The zero-order valence-electron chi connectivity index (χ0n) is 16.9. The summed E-state index contributed by atoms with van der Waals surface area (Å²) in [7, 11) is -2.52. The van der Waals surface area contributed by atoms with Gasteiger partial charge in [-0.1, -0.05) is 23.8 Å². The number of carboxylic acids is 1.